The molecule has 0 spiro atoms. The number of anilines is 1. The Hall–Kier alpha value is -2.24. The van der Waals surface area contributed by atoms with Crippen molar-refractivity contribution in [3.63, 3.8) is 0 Å². The Morgan fingerprint density at radius 3 is 2.78 bits per heavy atom. The lowest BCUT2D eigenvalue weighted by molar-refractivity contribution is -0.121. The Morgan fingerprint density at radius 2 is 2.04 bits per heavy atom. The van der Waals surface area contributed by atoms with Crippen molar-refractivity contribution in [3.8, 4) is 0 Å². The van der Waals surface area contributed by atoms with E-state index in [2.05, 4.69) is 29.4 Å². The van der Waals surface area contributed by atoms with Crippen molar-refractivity contribution in [2.45, 2.75) is 18.8 Å². The fourth-order valence-corrected chi connectivity index (χ4v) is 3.52. The van der Waals surface area contributed by atoms with E-state index in [1.165, 1.54) is 11.3 Å². The minimum atomic E-state index is -0.315. The van der Waals surface area contributed by atoms with Gasteiger partial charge in [0.25, 0.3) is 0 Å². The second kappa shape index (κ2) is 6.48. The van der Waals surface area contributed by atoms with Crippen LogP contribution in [0.1, 0.15) is 24.3 Å². The second-order valence-corrected chi connectivity index (χ2v) is 6.49. The van der Waals surface area contributed by atoms with Crippen LogP contribution in [-0.2, 0) is 4.79 Å². The number of para-hydroxylation sites is 1. The van der Waals surface area contributed by atoms with Crippen LogP contribution in [0.3, 0.4) is 0 Å². The number of benzene rings is 1. The van der Waals surface area contributed by atoms with E-state index < -0.39 is 0 Å². The van der Waals surface area contributed by atoms with Crippen LogP contribution < -0.4 is 16.0 Å². The highest BCUT2D eigenvalue weighted by molar-refractivity contribution is 5.80. The van der Waals surface area contributed by atoms with Crippen LogP contribution in [0.15, 0.2) is 24.3 Å². The number of rotatable bonds is 3. The number of likely N-dealkylation sites (tertiary alicyclic amines) is 1. The minimum absolute atomic E-state index is 0.0924. The molecule has 3 amide bonds. The summed E-state index contributed by atoms with van der Waals surface area (Å²) in [4.78, 5) is 27.4. The predicted molar refractivity (Wildman–Crippen MR) is 89.3 cm³/mol. The van der Waals surface area contributed by atoms with E-state index in [0.717, 1.165) is 13.0 Å². The molecule has 1 saturated heterocycles. The highest BCUT2D eigenvalue weighted by Gasteiger charge is 2.30. The Kier molecular flexibility index (Phi) is 4.41. The summed E-state index contributed by atoms with van der Waals surface area (Å²) in [6, 6.07) is 8.27. The Labute approximate surface area is 136 Å². The van der Waals surface area contributed by atoms with Gasteiger partial charge in [-0.3, -0.25) is 4.79 Å². The number of carbonyl (C=O) groups excluding carboxylic acids is 2. The third-order valence-corrected chi connectivity index (χ3v) is 4.98. The van der Waals surface area contributed by atoms with E-state index >= 15 is 0 Å². The molecule has 0 radical (unpaired) electrons. The van der Waals surface area contributed by atoms with Crippen LogP contribution in [0.2, 0.25) is 0 Å². The maximum Gasteiger partial charge on any atom is 0.317 e. The summed E-state index contributed by atoms with van der Waals surface area (Å²) in [6.07, 6.45) is 1.69. The fraction of sp³-hybridized carbons (Fsp3) is 0.529. The summed E-state index contributed by atoms with van der Waals surface area (Å²) in [7, 11) is 2.10. The van der Waals surface area contributed by atoms with E-state index in [4.69, 9.17) is 5.73 Å². The first kappa shape index (κ1) is 15.6. The molecular formula is C17H24N4O2. The van der Waals surface area contributed by atoms with Gasteiger partial charge in [0.05, 0.1) is 5.92 Å². The highest BCUT2D eigenvalue weighted by Crippen LogP contribution is 2.33. The normalized spacial score (nSPS) is 23.5. The highest BCUT2D eigenvalue weighted by atomic mass is 16.2. The van der Waals surface area contributed by atoms with Crippen molar-refractivity contribution in [1.29, 1.82) is 0 Å². The Morgan fingerprint density at radius 1 is 1.26 bits per heavy atom. The minimum Gasteiger partial charge on any atom is -0.374 e. The molecule has 6 heteroatoms. The van der Waals surface area contributed by atoms with Gasteiger partial charge in [0.1, 0.15) is 0 Å². The summed E-state index contributed by atoms with van der Waals surface area (Å²) in [5.74, 6) is -0.185. The first-order chi connectivity index (χ1) is 11.1. The van der Waals surface area contributed by atoms with Crippen LogP contribution in [0, 0.1) is 5.92 Å². The molecule has 1 aromatic rings. The monoisotopic (exact) mass is 316 g/mol. The van der Waals surface area contributed by atoms with Crippen molar-refractivity contribution in [2.75, 3.05) is 38.1 Å². The average molecular weight is 316 g/mol. The number of carbonyl (C=O) groups is 2. The molecule has 2 atom stereocenters. The number of nitrogens with one attached hydrogen (secondary N) is 1. The Balaban J connectivity index is 1.58. The number of fused-ring (bicyclic) bond motifs is 1. The lowest BCUT2D eigenvalue weighted by Crippen LogP contribution is -2.42. The number of hydrogen-bond acceptors (Lipinski definition) is 3. The number of hydrogen-bond donors (Lipinski definition) is 2. The molecule has 0 saturated carbocycles. The summed E-state index contributed by atoms with van der Waals surface area (Å²) in [5, 5.41) is 3.03. The SMILES string of the molecule is CN1CC[C@H](CNC(=O)N2CC[C@@H](C(N)=O)C2)c2ccccc21. The number of primary amides is 1. The van der Waals surface area contributed by atoms with Crippen molar-refractivity contribution in [2.24, 2.45) is 11.7 Å². The zero-order chi connectivity index (χ0) is 16.4. The summed E-state index contributed by atoms with van der Waals surface area (Å²) < 4.78 is 0. The van der Waals surface area contributed by atoms with Crippen LogP contribution in [0.4, 0.5) is 10.5 Å². The topological polar surface area (TPSA) is 78.7 Å². The zero-order valence-corrected chi connectivity index (χ0v) is 13.5. The van der Waals surface area contributed by atoms with Crippen LogP contribution >= 0.6 is 0 Å². The first-order valence-corrected chi connectivity index (χ1v) is 8.18. The molecule has 3 rings (SSSR count). The van der Waals surface area contributed by atoms with Gasteiger partial charge < -0.3 is 20.9 Å². The molecule has 1 fully saturated rings. The van der Waals surface area contributed by atoms with Crippen LogP contribution in [0.5, 0.6) is 0 Å². The maximum absolute atomic E-state index is 12.3. The quantitative estimate of drug-likeness (QED) is 0.877. The molecule has 1 aromatic carbocycles. The molecular weight excluding hydrogens is 292 g/mol. The molecule has 2 aliphatic rings. The molecule has 2 aliphatic heterocycles. The van der Waals surface area contributed by atoms with Crippen molar-refractivity contribution in [1.82, 2.24) is 10.2 Å². The van der Waals surface area contributed by atoms with Gasteiger partial charge in [-0.1, -0.05) is 18.2 Å². The number of urea groups is 1. The van der Waals surface area contributed by atoms with Gasteiger partial charge in [-0.2, -0.15) is 0 Å². The molecule has 0 aromatic heterocycles. The summed E-state index contributed by atoms with van der Waals surface area (Å²) in [5.41, 5.74) is 7.85. The van der Waals surface area contributed by atoms with Gasteiger partial charge in [0.15, 0.2) is 0 Å². The molecule has 0 aliphatic carbocycles. The fourth-order valence-electron chi connectivity index (χ4n) is 3.52. The maximum atomic E-state index is 12.3. The average Bonchev–Trinajstić information content (AvgIpc) is 3.05. The van der Waals surface area contributed by atoms with E-state index in [1.54, 1.807) is 4.90 Å². The molecule has 3 N–H and O–H groups in total. The van der Waals surface area contributed by atoms with Gasteiger partial charge in [-0.05, 0) is 24.5 Å². The molecule has 0 unspecified atom stereocenters. The second-order valence-electron chi connectivity index (χ2n) is 6.49. The number of amides is 3. The van der Waals surface area contributed by atoms with Gasteiger partial charge in [-0.25, -0.2) is 4.79 Å². The third-order valence-electron chi connectivity index (χ3n) is 4.98. The van der Waals surface area contributed by atoms with Gasteiger partial charge in [0.2, 0.25) is 5.91 Å². The molecule has 6 nitrogen and oxygen atoms in total. The van der Waals surface area contributed by atoms with E-state index in [-0.39, 0.29) is 17.9 Å². The van der Waals surface area contributed by atoms with Crippen molar-refractivity contribution < 1.29 is 9.59 Å². The van der Waals surface area contributed by atoms with E-state index in [9.17, 15) is 9.59 Å². The van der Waals surface area contributed by atoms with E-state index in [0.29, 0.717) is 32.0 Å². The molecule has 23 heavy (non-hydrogen) atoms. The zero-order valence-electron chi connectivity index (χ0n) is 13.5. The Bertz CT molecular complexity index is 604. The first-order valence-electron chi connectivity index (χ1n) is 8.18. The lowest BCUT2D eigenvalue weighted by Gasteiger charge is -2.33. The standard InChI is InChI=1S/C17H24N4O2/c1-20-8-6-12(14-4-2-3-5-15(14)20)10-19-17(23)21-9-7-13(11-21)16(18)22/h2-5,12-13H,6-11H2,1H3,(H2,18,22)(H,19,23)/t12-,13-/m1/s1. The van der Waals surface area contributed by atoms with Crippen LogP contribution in [0.25, 0.3) is 0 Å². The van der Waals surface area contributed by atoms with Gasteiger partial charge in [-0.15, -0.1) is 0 Å². The van der Waals surface area contributed by atoms with Gasteiger partial charge in [0, 0.05) is 44.8 Å². The number of nitrogens with zero attached hydrogens (tertiary/aromatic N) is 2. The smallest absolute Gasteiger partial charge is 0.317 e. The summed E-state index contributed by atoms with van der Waals surface area (Å²) >= 11 is 0. The third kappa shape index (κ3) is 3.25. The lowest BCUT2D eigenvalue weighted by atomic mass is 9.90. The van der Waals surface area contributed by atoms with E-state index in [1.807, 2.05) is 12.1 Å². The van der Waals surface area contributed by atoms with Crippen molar-refractivity contribution in [3.05, 3.63) is 29.8 Å². The molecule has 124 valence electrons. The molecule has 2 heterocycles. The van der Waals surface area contributed by atoms with Gasteiger partial charge >= 0.3 is 6.03 Å². The summed E-state index contributed by atoms with van der Waals surface area (Å²) in [6.45, 7) is 2.65. The largest absolute Gasteiger partial charge is 0.374 e. The predicted octanol–water partition coefficient (Wildman–Crippen LogP) is 1.13. The molecule has 0 bridgehead atoms. The van der Waals surface area contributed by atoms with Crippen LogP contribution in [-0.4, -0.2) is 50.1 Å². The van der Waals surface area contributed by atoms with Crippen molar-refractivity contribution >= 4 is 17.6 Å². The number of nitrogens with two attached hydrogens (primary N) is 1.